The fourth-order valence-electron chi connectivity index (χ4n) is 3.96. The van der Waals surface area contributed by atoms with Gasteiger partial charge in [-0.25, -0.2) is 14.8 Å². The van der Waals surface area contributed by atoms with Crippen LogP contribution in [0.4, 0.5) is 5.82 Å². The van der Waals surface area contributed by atoms with Crippen molar-refractivity contribution in [1.82, 2.24) is 14.5 Å². The number of fused-ring (bicyclic) bond motifs is 1. The van der Waals surface area contributed by atoms with Crippen LogP contribution in [0.25, 0.3) is 16.7 Å². The molecule has 0 unspecified atom stereocenters. The molecule has 4 rings (SSSR count). The molecule has 1 aromatic carbocycles. The summed E-state index contributed by atoms with van der Waals surface area (Å²) in [5.74, 6) is 0.506. The highest BCUT2D eigenvalue weighted by Crippen LogP contribution is 2.34. The molecule has 3 aromatic rings. The Morgan fingerprint density at radius 1 is 1.07 bits per heavy atom. The van der Waals surface area contributed by atoms with Crippen molar-refractivity contribution in [3.63, 3.8) is 0 Å². The zero-order valence-corrected chi connectivity index (χ0v) is 16.7. The summed E-state index contributed by atoms with van der Waals surface area (Å²) in [7, 11) is 0. The molecule has 6 heteroatoms. The van der Waals surface area contributed by atoms with Gasteiger partial charge in [-0.2, -0.15) is 0 Å². The summed E-state index contributed by atoms with van der Waals surface area (Å²) in [4.78, 5) is 24.1. The highest BCUT2D eigenvalue weighted by Gasteiger charge is 2.25. The van der Waals surface area contributed by atoms with Gasteiger partial charge in [0.25, 0.3) is 0 Å². The van der Waals surface area contributed by atoms with Crippen LogP contribution >= 0.6 is 0 Å². The molecule has 0 atom stereocenters. The van der Waals surface area contributed by atoms with Crippen molar-refractivity contribution in [2.45, 2.75) is 40.0 Å². The molecule has 0 amide bonds. The Bertz CT molecular complexity index is 1000. The molecule has 0 bridgehead atoms. The zero-order chi connectivity index (χ0) is 19.7. The quantitative estimate of drug-likeness (QED) is 0.637. The van der Waals surface area contributed by atoms with E-state index in [0.717, 1.165) is 59.7 Å². The van der Waals surface area contributed by atoms with Crippen LogP contribution < -0.4 is 4.90 Å². The molecule has 28 heavy (non-hydrogen) atoms. The van der Waals surface area contributed by atoms with E-state index in [1.54, 1.807) is 6.92 Å². The zero-order valence-electron chi connectivity index (χ0n) is 16.7. The van der Waals surface area contributed by atoms with Gasteiger partial charge in [-0.15, -0.1) is 0 Å². The van der Waals surface area contributed by atoms with E-state index in [2.05, 4.69) is 45.4 Å². The van der Waals surface area contributed by atoms with Crippen molar-refractivity contribution in [2.24, 2.45) is 0 Å². The van der Waals surface area contributed by atoms with E-state index in [4.69, 9.17) is 4.74 Å². The number of piperidine rings is 1. The Labute approximate surface area is 165 Å². The van der Waals surface area contributed by atoms with E-state index < -0.39 is 5.97 Å². The average molecular weight is 378 g/mol. The maximum Gasteiger partial charge on any atom is 0.376 e. The molecule has 1 saturated heterocycles. The number of hydrogen-bond acceptors (Lipinski definition) is 5. The fourth-order valence-corrected chi connectivity index (χ4v) is 3.96. The highest BCUT2D eigenvalue weighted by atomic mass is 16.5. The molecule has 2 aromatic heterocycles. The number of para-hydroxylation sites is 1. The molecule has 0 aliphatic carbocycles. The third-order valence-corrected chi connectivity index (χ3v) is 5.46. The topological polar surface area (TPSA) is 60.2 Å². The lowest BCUT2D eigenvalue weighted by molar-refractivity contribution is 0.0512. The van der Waals surface area contributed by atoms with Gasteiger partial charge in [-0.3, -0.25) is 4.57 Å². The monoisotopic (exact) mass is 378 g/mol. The number of aryl methyl sites for hydroxylation is 1. The lowest BCUT2D eigenvalue weighted by atomic mass is 10.1. The van der Waals surface area contributed by atoms with Gasteiger partial charge >= 0.3 is 5.97 Å². The maximum absolute atomic E-state index is 12.5. The minimum atomic E-state index is -0.473. The van der Waals surface area contributed by atoms with Gasteiger partial charge in [0.05, 0.1) is 12.0 Å². The Morgan fingerprint density at radius 2 is 1.79 bits per heavy atom. The fraction of sp³-hybridized carbons (Fsp3) is 0.409. The third-order valence-electron chi connectivity index (χ3n) is 5.46. The first-order chi connectivity index (χ1) is 13.6. The molecule has 0 saturated carbocycles. The summed E-state index contributed by atoms with van der Waals surface area (Å²) in [5.41, 5.74) is 4.04. The van der Waals surface area contributed by atoms with Gasteiger partial charge in [-0.05, 0) is 57.7 Å². The second-order valence-corrected chi connectivity index (χ2v) is 7.22. The number of esters is 1. The van der Waals surface area contributed by atoms with E-state index in [0.29, 0.717) is 6.61 Å². The first-order valence-electron chi connectivity index (χ1n) is 9.99. The first-order valence-corrected chi connectivity index (χ1v) is 9.99. The van der Waals surface area contributed by atoms with Crippen LogP contribution in [0.1, 0.15) is 48.1 Å². The van der Waals surface area contributed by atoms with Crippen LogP contribution in [0, 0.1) is 13.8 Å². The number of ether oxygens (including phenoxy) is 1. The summed E-state index contributed by atoms with van der Waals surface area (Å²) >= 11 is 0. The predicted octanol–water partition coefficient (Wildman–Crippen LogP) is 4.20. The molecule has 1 aliphatic heterocycles. The summed E-state index contributed by atoms with van der Waals surface area (Å²) in [6.07, 6.45) is 3.51. The van der Waals surface area contributed by atoms with Crippen LogP contribution in [0.2, 0.25) is 0 Å². The number of aromatic nitrogens is 3. The summed E-state index contributed by atoms with van der Waals surface area (Å²) in [6.45, 7) is 8.19. The summed E-state index contributed by atoms with van der Waals surface area (Å²) in [5, 5.41) is 1.02. The largest absolute Gasteiger partial charge is 0.460 e. The van der Waals surface area contributed by atoms with Crippen molar-refractivity contribution >= 4 is 22.8 Å². The summed E-state index contributed by atoms with van der Waals surface area (Å²) < 4.78 is 7.32. The minimum Gasteiger partial charge on any atom is -0.460 e. The van der Waals surface area contributed by atoms with Crippen molar-refractivity contribution < 1.29 is 9.53 Å². The minimum absolute atomic E-state index is 0.129. The molecule has 0 N–H and O–H groups in total. The molecule has 6 nitrogen and oxygen atoms in total. The van der Waals surface area contributed by atoms with Gasteiger partial charge in [0.15, 0.2) is 5.65 Å². The Balaban J connectivity index is 2.00. The molecule has 1 fully saturated rings. The first kappa shape index (κ1) is 18.5. The van der Waals surface area contributed by atoms with Crippen LogP contribution in [-0.4, -0.2) is 40.2 Å². The number of nitrogens with zero attached hydrogens (tertiary/aromatic N) is 4. The number of rotatable bonds is 4. The normalized spacial score (nSPS) is 14.5. The van der Waals surface area contributed by atoms with E-state index in [9.17, 15) is 4.79 Å². The number of benzene rings is 1. The van der Waals surface area contributed by atoms with Crippen LogP contribution in [0.5, 0.6) is 0 Å². The van der Waals surface area contributed by atoms with Crippen molar-refractivity contribution in [3.05, 3.63) is 47.4 Å². The van der Waals surface area contributed by atoms with Gasteiger partial charge in [0.1, 0.15) is 5.82 Å². The number of carbonyl (C=O) groups excluding carboxylic acids is 1. The van der Waals surface area contributed by atoms with Crippen LogP contribution in [-0.2, 0) is 4.74 Å². The van der Waals surface area contributed by atoms with Crippen LogP contribution in [0.15, 0.2) is 30.3 Å². The summed E-state index contributed by atoms with van der Waals surface area (Å²) in [6, 6.07) is 10.1. The molecule has 146 valence electrons. The smallest absolute Gasteiger partial charge is 0.376 e. The van der Waals surface area contributed by atoms with Crippen LogP contribution in [0.3, 0.4) is 0 Å². The third kappa shape index (κ3) is 3.13. The standard InChI is InChI=1S/C22H26N4O2/c1-4-28-22(27)19-23-20(25-13-9-6-10-14-25)18-15(2)16(3)26(21(18)24-19)17-11-7-5-8-12-17/h5,7-8,11-12H,4,6,9-10,13-14H2,1-3H3. The Morgan fingerprint density at radius 3 is 2.46 bits per heavy atom. The number of carbonyl (C=O) groups is 1. The van der Waals surface area contributed by atoms with Gasteiger partial charge in [-0.1, -0.05) is 18.2 Å². The van der Waals surface area contributed by atoms with Crippen molar-refractivity contribution in [3.8, 4) is 5.69 Å². The Kier molecular flexibility index (Phi) is 5.03. The van der Waals surface area contributed by atoms with E-state index in [1.807, 2.05) is 18.2 Å². The Hall–Kier alpha value is -2.89. The van der Waals surface area contributed by atoms with E-state index in [1.165, 1.54) is 6.42 Å². The number of hydrogen-bond donors (Lipinski definition) is 0. The van der Waals surface area contributed by atoms with E-state index in [-0.39, 0.29) is 5.82 Å². The maximum atomic E-state index is 12.5. The van der Waals surface area contributed by atoms with Gasteiger partial charge in [0.2, 0.25) is 5.82 Å². The molecule has 1 aliphatic rings. The molecular weight excluding hydrogens is 352 g/mol. The van der Waals surface area contributed by atoms with Crippen molar-refractivity contribution in [2.75, 3.05) is 24.6 Å². The SMILES string of the molecule is CCOC(=O)c1nc(N2CCCCC2)c2c(C)c(C)n(-c3ccccc3)c2n1. The molecular formula is C22H26N4O2. The predicted molar refractivity (Wildman–Crippen MR) is 110 cm³/mol. The second kappa shape index (κ2) is 7.62. The number of anilines is 1. The van der Waals surface area contributed by atoms with Gasteiger partial charge in [0, 0.05) is 24.5 Å². The highest BCUT2D eigenvalue weighted by molar-refractivity contribution is 5.97. The lowest BCUT2D eigenvalue weighted by Gasteiger charge is -2.28. The lowest BCUT2D eigenvalue weighted by Crippen LogP contribution is -2.31. The van der Waals surface area contributed by atoms with E-state index >= 15 is 0 Å². The average Bonchev–Trinajstić information content (AvgIpc) is 2.99. The second-order valence-electron chi connectivity index (χ2n) is 7.22. The molecule has 0 radical (unpaired) electrons. The molecule has 0 spiro atoms. The molecule has 3 heterocycles. The van der Waals surface area contributed by atoms with Crippen molar-refractivity contribution in [1.29, 1.82) is 0 Å². The van der Waals surface area contributed by atoms with Gasteiger partial charge < -0.3 is 9.64 Å².